The highest BCUT2D eigenvalue weighted by Gasteiger charge is 2.18. The van der Waals surface area contributed by atoms with Crippen LogP contribution in [0.25, 0.3) is 17.2 Å². The van der Waals surface area contributed by atoms with Crippen molar-refractivity contribution in [3.8, 4) is 17.6 Å². The van der Waals surface area contributed by atoms with Crippen LogP contribution in [0.4, 0.5) is 4.39 Å². The van der Waals surface area contributed by atoms with E-state index in [1.807, 2.05) is 0 Å². The summed E-state index contributed by atoms with van der Waals surface area (Å²) in [5.74, 6) is 0.563. The number of halogens is 1. The van der Waals surface area contributed by atoms with Crippen molar-refractivity contribution in [3.63, 3.8) is 0 Å². The van der Waals surface area contributed by atoms with E-state index in [1.165, 1.54) is 12.3 Å². The summed E-state index contributed by atoms with van der Waals surface area (Å²) in [4.78, 5) is 13.2. The fourth-order valence-electron chi connectivity index (χ4n) is 3.28. The third-order valence-corrected chi connectivity index (χ3v) is 4.57. The molecule has 0 spiro atoms. The second kappa shape index (κ2) is 6.57. The Hall–Kier alpha value is -2.85. The molecule has 126 valence electrons. The van der Waals surface area contributed by atoms with E-state index in [1.54, 1.807) is 22.9 Å². The van der Waals surface area contributed by atoms with E-state index in [2.05, 4.69) is 26.3 Å². The van der Waals surface area contributed by atoms with Gasteiger partial charge in [0.15, 0.2) is 5.82 Å². The third kappa shape index (κ3) is 3.08. The summed E-state index contributed by atoms with van der Waals surface area (Å²) in [6.45, 7) is 1.98. The second-order valence-corrected chi connectivity index (χ2v) is 6.30. The predicted octanol–water partition coefficient (Wildman–Crippen LogP) is 2.34. The number of nitrogens with one attached hydrogen (secondary N) is 1. The van der Waals surface area contributed by atoms with Crippen molar-refractivity contribution in [2.45, 2.75) is 19.3 Å². The molecule has 3 aromatic rings. The molecule has 1 atom stereocenters. The van der Waals surface area contributed by atoms with Crippen LogP contribution < -0.4 is 5.32 Å². The number of rotatable bonds is 3. The lowest BCUT2D eigenvalue weighted by Crippen LogP contribution is -2.31. The highest BCUT2D eigenvalue weighted by atomic mass is 19.1. The molecule has 0 bridgehead atoms. The molecule has 0 saturated carbocycles. The molecule has 1 aliphatic rings. The first-order valence-electron chi connectivity index (χ1n) is 8.34. The van der Waals surface area contributed by atoms with Gasteiger partial charge in [-0.3, -0.25) is 4.40 Å². The predicted molar refractivity (Wildman–Crippen MR) is 90.2 cm³/mol. The molecule has 0 aliphatic carbocycles. The Kier molecular flexibility index (Phi) is 4.12. The molecule has 0 radical (unpaired) electrons. The summed E-state index contributed by atoms with van der Waals surface area (Å²) in [5, 5.41) is 12.7. The van der Waals surface area contributed by atoms with Crippen molar-refractivity contribution in [3.05, 3.63) is 47.8 Å². The fourth-order valence-corrected chi connectivity index (χ4v) is 3.28. The van der Waals surface area contributed by atoms with Gasteiger partial charge in [0, 0.05) is 12.4 Å². The van der Waals surface area contributed by atoms with Gasteiger partial charge in [-0.05, 0) is 50.4 Å². The zero-order valence-corrected chi connectivity index (χ0v) is 13.6. The topological polar surface area (TPSA) is 78.9 Å². The Balaban J connectivity index is 1.73. The summed E-state index contributed by atoms with van der Waals surface area (Å²) >= 11 is 0. The molecule has 1 aliphatic heterocycles. The monoisotopic (exact) mass is 336 g/mol. The van der Waals surface area contributed by atoms with Crippen molar-refractivity contribution < 1.29 is 4.39 Å². The van der Waals surface area contributed by atoms with Crippen LogP contribution in [0.1, 0.15) is 24.1 Å². The van der Waals surface area contributed by atoms with Crippen molar-refractivity contribution >= 4 is 5.65 Å². The molecule has 4 heterocycles. The maximum Gasteiger partial charge on any atom is 0.178 e. The molecule has 1 N–H and O–H groups in total. The molecular formula is C18H17FN6. The summed E-state index contributed by atoms with van der Waals surface area (Å²) < 4.78 is 15.2. The van der Waals surface area contributed by atoms with Gasteiger partial charge in [0.1, 0.15) is 23.2 Å². The van der Waals surface area contributed by atoms with E-state index >= 15 is 0 Å². The standard InChI is InChI=1S/C18H17FN6/c19-14-3-4-17-22-10-16(25(17)11-14)18-23-9-13(7-20)15(24-18)6-12-2-1-5-21-8-12/h3-4,9-12,21H,1-2,5-6,8H2/t12-/m0/s1. The molecule has 0 amide bonds. The van der Waals surface area contributed by atoms with Gasteiger partial charge in [-0.2, -0.15) is 5.26 Å². The van der Waals surface area contributed by atoms with Crippen LogP contribution in [-0.4, -0.2) is 32.4 Å². The Morgan fingerprint density at radius 1 is 1.32 bits per heavy atom. The van der Waals surface area contributed by atoms with E-state index in [4.69, 9.17) is 0 Å². The molecule has 6 nitrogen and oxygen atoms in total. The van der Waals surface area contributed by atoms with Crippen molar-refractivity contribution in [1.82, 2.24) is 24.7 Å². The number of hydrogen-bond acceptors (Lipinski definition) is 5. The van der Waals surface area contributed by atoms with Crippen molar-refractivity contribution in [2.24, 2.45) is 5.92 Å². The SMILES string of the molecule is N#Cc1cnc(-c2cnc3ccc(F)cn23)nc1C[C@@H]1CCCNC1. The zero-order chi connectivity index (χ0) is 17.2. The van der Waals surface area contributed by atoms with E-state index in [9.17, 15) is 9.65 Å². The minimum atomic E-state index is -0.353. The number of nitriles is 1. The van der Waals surface area contributed by atoms with Gasteiger partial charge < -0.3 is 5.32 Å². The Morgan fingerprint density at radius 3 is 3.04 bits per heavy atom. The molecule has 7 heteroatoms. The minimum absolute atomic E-state index is 0.353. The Morgan fingerprint density at radius 2 is 2.24 bits per heavy atom. The maximum atomic E-state index is 13.6. The molecule has 25 heavy (non-hydrogen) atoms. The quantitative estimate of drug-likeness (QED) is 0.794. The van der Waals surface area contributed by atoms with E-state index in [-0.39, 0.29) is 5.82 Å². The Bertz CT molecular complexity index is 952. The number of aromatic nitrogens is 4. The van der Waals surface area contributed by atoms with Crippen LogP contribution >= 0.6 is 0 Å². The zero-order valence-electron chi connectivity index (χ0n) is 13.6. The Labute approximate surface area is 144 Å². The van der Waals surface area contributed by atoms with Crippen LogP contribution in [-0.2, 0) is 6.42 Å². The van der Waals surface area contributed by atoms with Gasteiger partial charge in [-0.1, -0.05) is 0 Å². The van der Waals surface area contributed by atoms with Gasteiger partial charge in [0.05, 0.1) is 17.5 Å². The molecule has 0 aromatic carbocycles. The molecular weight excluding hydrogens is 319 g/mol. The van der Waals surface area contributed by atoms with Gasteiger partial charge in [-0.15, -0.1) is 0 Å². The molecule has 1 fully saturated rings. The van der Waals surface area contributed by atoms with Gasteiger partial charge in [0.2, 0.25) is 0 Å². The van der Waals surface area contributed by atoms with E-state index in [0.29, 0.717) is 28.6 Å². The summed E-state index contributed by atoms with van der Waals surface area (Å²) in [6, 6.07) is 5.15. The van der Waals surface area contributed by atoms with Crippen LogP contribution in [0, 0.1) is 23.1 Å². The first kappa shape index (κ1) is 15.7. The van der Waals surface area contributed by atoms with E-state index in [0.717, 1.165) is 38.0 Å². The number of piperidine rings is 1. The van der Waals surface area contributed by atoms with Gasteiger partial charge in [-0.25, -0.2) is 19.3 Å². The lowest BCUT2D eigenvalue weighted by molar-refractivity contribution is 0.373. The highest BCUT2D eigenvalue weighted by Crippen LogP contribution is 2.22. The first-order chi connectivity index (χ1) is 12.2. The maximum absolute atomic E-state index is 13.6. The van der Waals surface area contributed by atoms with E-state index < -0.39 is 0 Å². The average Bonchev–Trinajstić information content (AvgIpc) is 3.05. The molecule has 0 unspecified atom stereocenters. The lowest BCUT2D eigenvalue weighted by Gasteiger charge is -2.22. The summed E-state index contributed by atoms with van der Waals surface area (Å²) in [5.41, 5.74) is 2.48. The largest absolute Gasteiger partial charge is 0.316 e. The lowest BCUT2D eigenvalue weighted by atomic mass is 9.93. The normalized spacial score (nSPS) is 17.5. The number of pyridine rings is 1. The second-order valence-electron chi connectivity index (χ2n) is 6.30. The summed E-state index contributed by atoms with van der Waals surface area (Å²) in [6.07, 6.45) is 7.53. The smallest absolute Gasteiger partial charge is 0.178 e. The van der Waals surface area contributed by atoms with Gasteiger partial charge >= 0.3 is 0 Å². The summed E-state index contributed by atoms with van der Waals surface area (Å²) in [7, 11) is 0. The number of fused-ring (bicyclic) bond motifs is 1. The minimum Gasteiger partial charge on any atom is -0.316 e. The number of imidazole rings is 1. The van der Waals surface area contributed by atoms with Crippen molar-refractivity contribution in [1.29, 1.82) is 5.26 Å². The molecule has 3 aromatic heterocycles. The van der Waals surface area contributed by atoms with Crippen LogP contribution in [0.5, 0.6) is 0 Å². The number of nitrogens with zero attached hydrogens (tertiary/aromatic N) is 5. The fraction of sp³-hybridized carbons (Fsp3) is 0.333. The highest BCUT2D eigenvalue weighted by molar-refractivity contribution is 5.57. The van der Waals surface area contributed by atoms with Crippen LogP contribution in [0.2, 0.25) is 0 Å². The molecule has 1 saturated heterocycles. The molecule has 4 rings (SSSR count). The van der Waals surface area contributed by atoms with Crippen molar-refractivity contribution in [2.75, 3.05) is 13.1 Å². The third-order valence-electron chi connectivity index (χ3n) is 4.57. The average molecular weight is 336 g/mol. The first-order valence-corrected chi connectivity index (χ1v) is 8.34. The van der Waals surface area contributed by atoms with Crippen LogP contribution in [0.15, 0.2) is 30.7 Å². The van der Waals surface area contributed by atoms with Gasteiger partial charge in [0.25, 0.3) is 0 Å². The van der Waals surface area contributed by atoms with Crippen LogP contribution in [0.3, 0.4) is 0 Å². The number of hydrogen-bond donors (Lipinski definition) is 1.